The first-order valence-corrected chi connectivity index (χ1v) is 11.6. The standard InChI is InChI=1S/C24H22FN7O2S/c1-24(2,3)19-10-20(31-13-30-19)32-23(34)18-11-27-21(35-18)7-6-17(33)16-9-15(28-12-29-16)14-5-4-8-26-22(14)25/h4-5,8-13H,6-7H2,1-3H3,(H,30,31,32,34). The van der Waals surface area contributed by atoms with Crippen LogP contribution >= 0.6 is 11.3 Å². The van der Waals surface area contributed by atoms with Gasteiger partial charge in [-0.2, -0.15) is 4.39 Å². The Labute approximate surface area is 205 Å². The quantitative estimate of drug-likeness (QED) is 0.300. The molecule has 9 nitrogen and oxygen atoms in total. The monoisotopic (exact) mass is 491 g/mol. The number of Topliss-reactive ketones (excluding diaryl/α,β-unsaturated/α-hetero) is 1. The molecule has 178 valence electrons. The van der Waals surface area contributed by atoms with Crippen LogP contribution in [0.5, 0.6) is 0 Å². The molecule has 4 aromatic heterocycles. The highest BCUT2D eigenvalue weighted by Crippen LogP contribution is 2.23. The first-order valence-electron chi connectivity index (χ1n) is 10.8. The van der Waals surface area contributed by atoms with Crippen molar-refractivity contribution in [3.63, 3.8) is 0 Å². The molecule has 0 unspecified atom stereocenters. The number of ketones is 1. The smallest absolute Gasteiger partial charge is 0.268 e. The molecule has 0 saturated heterocycles. The fraction of sp³-hybridized carbons (Fsp3) is 0.250. The van der Waals surface area contributed by atoms with Gasteiger partial charge in [0.1, 0.15) is 29.0 Å². The number of anilines is 1. The van der Waals surface area contributed by atoms with Crippen LogP contribution in [0, 0.1) is 5.95 Å². The highest BCUT2D eigenvalue weighted by Gasteiger charge is 2.18. The van der Waals surface area contributed by atoms with Crippen molar-refractivity contribution in [1.82, 2.24) is 29.9 Å². The van der Waals surface area contributed by atoms with Crippen LogP contribution < -0.4 is 5.32 Å². The molecule has 4 rings (SSSR count). The first kappa shape index (κ1) is 24.1. The number of carbonyl (C=O) groups is 2. The number of amides is 1. The van der Waals surface area contributed by atoms with E-state index < -0.39 is 5.95 Å². The van der Waals surface area contributed by atoms with Gasteiger partial charge < -0.3 is 5.32 Å². The Bertz CT molecular complexity index is 1380. The molecular formula is C24H22FN7O2S. The number of aryl methyl sites for hydroxylation is 1. The van der Waals surface area contributed by atoms with Gasteiger partial charge in [-0.15, -0.1) is 11.3 Å². The number of thiazole rings is 1. The van der Waals surface area contributed by atoms with Crippen molar-refractivity contribution in [2.75, 3.05) is 5.32 Å². The van der Waals surface area contributed by atoms with Crippen LogP contribution in [-0.4, -0.2) is 41.6 Å². The van der Waals surface area contributed by atoms with E-state index in [4.69, 9.17) is 0 Å². The summed E-state index contributed by atoms with van der Waals surface area (Å²) < 4.78 is 14.0. The molecule has 0 bridgehead atoms. The molecule has 4 heterocycles. The molecule has 0 spiro atoms. The molecule has 4 aromatic rings. The summed E-state index contributed by atoms with van der Waals surface area (Å²) >= 11 is 1.20. The van der Waals surface area contributed by atoms with Crippen molar-refractivity contribution in [3.05, 3.63) is 76.5 Å². The van der Waals surface area contributed by atoms with Crippen molar-refractivity contribution in [2.24, 2.45) is 0 Å². The SMILES string of the molecule is CC(C)(C)c1cc(NC(=O)c2cnc(CCC(=O)c3cc(-c4cccnc4F)ncn3)s2)ncn1. The van der Waals surface area contributed by atoms with Crippen LogP contribution in [0.4, 0.5) is 10.2 Å². The maximum Gasteiger partial charge on any atom is 0.268 e. The lowest BCUT2D eigenvalue weighted by Crippen LogP contribution is -2.16. The summed E-state index contributed by atoms with van der Waals surface area (Å²) in [5, 5.41) is 3.40. The van der Waals surface area contributed by atoms with Crippen LogP contribution in [0.2, 0.25) is 0 Å². The predicted molar refractivity (Wildman–Crippen MR) is 129 cm³/mol. The number of halogens is 1. The third-order valence-electron chi connectivity index (χ3n) is 5.01. The number of nitrogens with one attached hydrogen (secondary N) is 1. The third-order valence-corrected chi connectivity index (χ3v) is 6.06. The van der Waals surface area contributed by atoms with Gasteiger partial charge in [0, 0.05) is 30.5 Å². The summed E-state index contributed by atoms with van der Waals surface area (Å²) in [5.41, 5.74) is 1.28. The minimum atomic E-state index is -0.671. The maximum absolute atomic E-state index is 14.0. The van der Waals surface area contributed by atoms with Crippen molar-refractivity contribution in [1.29, 1.82) is 0 Å². The second-order valence-corrected chi connectivity index (χ2v) is 9.78. The average Bonchev–Trinajstić information content (AvgIpc) is 3.32. The number of carbonyl (C=O) groups excluding carboxylic acids is 2. The van der Waals surface area contributed by atoms with Gasteiger partial charge in [0.2, 0.25) is 5.95 Å². The zero-order valence-corrected chi connectivity index (χ0v) is 20.1. The fourth-order valence-corrected chi connectivity index (χ4v) is 3.94. The fourth-order valence-electron chi connectivity index (χ4n) is 3.13. The molecule has 1 N–H and O–H groups in total. The van der Waals surface area contributed by atoms with Crippen molar-refractivity contribution >= 4 is 28.8 Å². The van der Waals surface area contributed by atoms with Gasteiger partial charge >= 0.3 is 0 Å². The van der Waals surface area contributed by atoms with Gasteiger partial charge in [0.05, 0.1) is 28.2 Å². The Morgan fingerprint density at radius 1 is 1.03 bits per heavy atom. The Kier molecular flexibility index (Phi) is 6.97. The number of pyridine rings is 1. The highest BCUT2D eigenvalue weighted by molar-refractivity contribution is 7.13. The summed E-state index contributed by atoms with van der Waals surface area (Å²) in [4.78, 5) is 50.0. The van der Waals surface area contributed by atoms with Gasteiger partial charge in [-0.1, -0.05) is 20.8 Å². The van der Waals surface area contributed by atoms with Crippen LogP contribution in [0.15, 0.2) is 49.3 Å². The molecule has 0 fully saturated rings. The van der Waals surface area contributed by atoms with E-state index in [1.165, 1.54) is 48.5 Å². The Morgan fingerprint density at radius 2 is 1.83 bits per heavy atom. The summed E-state index contributed by atoms with van der Waals surface area (Å²) in [5.74, 6) is -0.841. The topological polar surface area (TPSA) is 124 Å². The molecule has 0 aliphatic heterocycles. The van der Waals surface area contributed by atoms with Crippen molar-refractivity contribution < 1.29 is 14.0 Å². The molecular weight excluding hydrogens is 469 g/mol. The Balaban J connectivity index is 1.38. The normalized spacial score (nSPS) is 11.3. The van der Waals surface area contributed by atoms with E-state index in [0.29, 0.717) is 22.1 Å². The van der Waals surface area contributed by atoms with Crippen molar-refractivity contribution in [2.45, 2.75) is 39.0 Å². The van der Waals surface area contributed by atoms with Crippen LogP contribution in [0.3, 0.4) is 0 Å². The molecule has 11 heteroatoms. The van der Waals surface area contributed by atoms with Crippen molar-refractivity contribution in [3.8, 4) is 11.3 Å². The summed E-state index contributed by atoms with van der Waals surface area (Å²) in [6, 6.07) is 6.31. The lowest BCUT2D eigenvalue weighted by atomic mass is 9.92. The molecule has 0 radical (unpaired) electrons. The van der Waals surface area contributed by atoms with Gasteiger partial charge in [0.15, 0.2) is 5.78 Å². The van der Waals surface area contributed by atoms with Crippen LogP contribution in [0.25, 0.3) is 11.3 Å². The number of aromatic nitrogens is 6. The number of rotatable bonds is 7. The van der Waals surface area contributed by atoms with E-state index in [2.05, 4.69) is 35.2 Å². The van der Waals surface area contributed by atoms with Gasteiger partial charge in [0.25, 0.3) is 5.91 Å². The largest absolute Gasteiger partial charge is 0.306 e. The van der Waals surface area contributed by atoms with E-state index in [9.17, 15) is 14.0 Å². The zero-order chi connectivity index (χ0) is 25.0. The minimum absolute atomic E-state index is 0.126. The summed E-state index contributed by atoms with van der Waals surface area (Å²) in [6.45, 7) is 6.07. The Morgan fingerprint density at radius 3 is 2.60 bits per heavy atom. The second kappa shape index (κ2) is 10.1. The lowest BCUT2D eigenvalue weighted by Gasteiger charge is -2.17. The molecule has 0 saturated carbocycles. The molecule has 0 aromatic carbocycles. The van der Waals surface area contributed by atoms with Crippen LogP contribution in [-0.2, 0) is 11.8 Å². The minimum Gasteiger partial charge on any atom is -0.306 e. The van der Waals surface area contributed by atoms with E-state index in [1.807, 2.05) is 20.8 Å². The molecule has 35 heavy (non-hydrogen) atoms. The van der Waals surface area contributed by atoms with E-state index in [0.717, 1.165) is 5.69 Å². The lowest BCUT2D eigenvalue weighted by molar-refractivity contribution is 0.0976. The number of nitrogens with zero attached hydrogens (tertiary/aromatic N) is 6. The number of hydrogen-bond donors (Lipinski definition) is 1. The van der Waals surface area contributed by atoms with Gasteiger partial charge in [-0.25, -0.2) is 29.9 Å². The number of hydrogen-bond acceptors (Lipinski definition) is 9. The predicted octanol–water partition coefficient (Wildman–Crippen LogP) is 4.29. The maximum atomic E-state index is 14.0. The van der Waals surface area contributed by atoms with Crippen LogP contribution in [0.1, 0.15) is 58.1 Å². The van der Waals surface area contributed by atoms with E-state index in [-0.39, 0.29) is 40.5 Å². The summed E-state index contributed by atoms with van der Waals surface area (Å²) in [6.07, 6.45) is 5.91. The van der Waals surface area contributed by atoms with E-state index >= 15 is 0 Å². The molecule has 0 aliphatic carbocycles. The highest BCUT2D eigenvalue weighted by atomic mass is 32.1. The third kappa shape index (κ3) is 5.93. The van der Waals surface area contributed by atoms with E-state index in [1.54, 1.807) is 12.1 Å². The molecule has 0 atom stereocenters. The van der Waals surface area contributed by atoms with Gasteiger partial charge in [-0.05, 0) is 18.2 Å². The zero-order valence-electron chi connectivity index (χ0n) is 19.3. The molecule has 0 aliphatic rings. The molecule has 1 amide bonds. The second-order valence-electron chi connectivity index (χ2n) is 8.66. The summed E-state index contributed by atoms with van der Waals surface area (Å²) in [7, 11) is 0. The Hall–Kier alpha value is -3.99. The van der Waals surface area contributed by atoms with Gasteiger partial charge in [-0.3, -0.25) is 9.59 Å². The first-order chi connectivity index (χ1) is 16.7. The average molecular weight is 492 g/mol.